The van der Waals surface area contributed by atoms with Crippen LogP contribution in [0, 0.1) is 0 Å². The van der Waals surface area contributed by atoms with Gasteiger partial charge in [-0.05, 0) is 25.0 Å². The van der Waals surface area contributed by atoms with Gasteiger partial charge in [0.15, 0.2) is 0 Å². The van der Waals surface area contributed by atoms with Crippen LogP contribution in [-0.2, 0) is 4.74 Å². The van der Waals surface area contributed by atoms with Crippen molar-refractivity contribution in [3.8, 4) is 0 Å². The van der Waals surface area contributed by atoms with Crippen molar-refractivity contribution < 1.29 is 9.53 Å². The third-order valence-electron chi connectivity index (χ3n) is 4.87. The summed E-state index contributed by atoms with van der Waals surface area (Å²) in [7, 11) is 0. The van der Waals surface area contributed by atoms with E-state index in [2.05, 4.69) is 25.9 Å². The number of carbonyl (C=O) groups excluding carboxylic acids is 1. The van der Waals surface area contributed by atoms with Crippen molar-refractivity contribution in [2.75, 3.05) is 37.7 Å². The number of piperidine rings is 1. The highest BCUT2D eigenvalue weighted by atomic mass is 16.5. The summed E-state index contributed by atoms with van der Waals surface area (Å²) >= 11 is 0. The molecule has 0 bridgehead atoms. The highest BCUT2D eigenvalue weighted by Gasteiger charge is 2.42. The highest BCUT2D eigenvalue weighted by molar-refractivity contribution is 5.92. The Morgan fingerprint density at radius 3 is 2.84 bits per heavy atom. The van der Waals surface area contributed by atoms with Gasteiger partial charge in [0.2, 0.25) is 0 Å². The van der Waals surface area contributed by atoms with Gasteiger partial charge in [0, 0.05) is 38.2 Å². The van der Waals surface area contributed by atoms with E-state index < -0.39 is 0 Å². The average Bonchev–Trinajstić information content (AvgIpc) is 2.69. The second-order valence-corrected chi connectivity index (χ2v) is 6.59. The Balaban J connectivity index is 1.51. The zero-order valence-corrected chi connectivity index (χ0v) is 14.0. The second-order valence-electron chi connectivity index (χ2n) is 6.59. The van der Waals surface area contributed by atoms with Crippen LogP contribution in [0.25, 0.3) is 0 Å². The maximum absolute atomic E-state index is 12.7. The molecule has 0 aromatic carbocycles. The van der Waals surface area contributed by atoms with E-state index >= 15 is 0 Å². The first-order chi connectivity index (χ1) is 12.3. The number of hydrogen-bond donors (Lipinski definition) is 0. The molecule has 7 heteroatoms. The number of ether oxygens (including phenoxy) is 1. The van der Waals surface area contributed by atoms with E-state index in [0.717, 1.165) is 31.6 Å². The summed E-state index contributed by atoms with van der Waals surface area (Å²) in [6, 6.07) is 4.01. The number of amides is 1. The van der Waals surface area contributed by atoms with Crippen LogP contribution < -0.4 is 4.90 Å². The molecule has 4 heterocycles. The maximum atomic E-state index is 12.7. The SMILES string of the molecule is O=C(c1cnccn1)N1CCO[C@]2(CCCN(c3cccnc3)C2)C1. The Morgan fingerprint density at radius 1 is 1.12 bits per heavy atom. The minimum Gasteiger partial charge on any atom is -0.369 e. The normalized spacial score (nSPS) is 23.7. The van der Waals surface area contributed by atoms with Gasteiger partial charge in [-0.1, -0.05) is 0 Å². The fourth-order valence-corrected chi connectivity index (χ4v) is 3.70. The molecule has 2 saturated heterocycles. The molecule has 2 aliphatic rings. The van der Waals surface area contributed by atoms with E-state index in [1.807, 2.05) is 17.2 Å². The molecular formula is C18H21N5O2. The van der Waals surface area contributed by atoms with Crippen LogP contribution in [0.2, 0.25) is 0 Å². The Hall–Kier alpha value is -2.54. The van der Waals surface area contributed by atoms with Crippen LogP contribution in [0.1, 0.15) is 23.3 Å². The number of aromatic nitrogens is 3. The lowest BCUT2D eigenvalue weighted by Crippen LogP contribution is -2.61. The van der Waals surface area contributed by atoms with Crippen LogP contribution in [0.4, 0.5) is 5.69 Å². The van der Waals surface area contributed by atoms with Crippen molar-refractivity contribution in [2.45, 2.75) is 18.4 Å². The summed E-state index contributed by atoms with van der Waals surface area (Å²) < 4.78 is 6.18. The van der Waals surface area contributed by atoms with Crippen molar-refractivity contribution >= 4 is 11.6 Å². The molecule has 0 radical (unpaired) electrons. The minimum absolute atomic E-state index is 0.0747. The van der Waals surface area contributed by atoms with Gasteiger partial charge in [0.05, 0.1) is 31.2 Å². The van der Waals surface area contributed by atoms with Crippen LogP contribution in [0.15, 0.2) is 43.1 Å². The van der Waals surface area contributed by atoms with Crippen molar-refractivity contribution in [1.82, 2.24) is 19.9 Å². The van der Waals surface area contributed by atoms with E-state index in [0.29, 0.717) is 25.4 Å². The van der Waals surface area contributed by atoms with Crippen LogP contribution in [0.5, 0.6) is 0 Å². The number of nitrogens with zero attached hydrogens (tertiary/aromatic N) is 5. The molecule has 7 nitrogen and oxygen atoms in total. The predicted molar refractivity (Wildman–Crippen MR) is 92.3 cm³/mol. The lowest BCUT2D eigenvalue weighted by Gasteiger charge is -2.48. The van der Waals surface area contributed by atoms with Gasteiger partial charge >= 0.3 is 0 Å². The molecule has 2 aromatic heterocycles. The smallest absolute Gasteiger partial charge is 0.274 e. The molecule has 2 aliphatic heterocycles. The topological polar surface area (TPSA) is 71.5 Å². The molecule has 1 spiro atoms. The molecule has 1 amide bonds. The van der Waals surface area contributed by atoms with Crippen molar-refractivity contribution in [3.05, 3.63) is 48.8 Å². The number of anilines is 1. The van der Waals surface area contributed by atoms with Crippen LogP contribution >= 0.6 is 0 Å². The van der Waals surface area contributed by atoms with Crippen LogP contribution in [0.3, 0.4) is 0 Å². The summed E-state index contributed by atoms with van der Waals surface area (Å²) in [5, 5.41) is 0. The van der Waals surface area contributed by atoms with Gasteiger partial charge in [-0.3, -0.25) is 14.8 Å². The number of pyridine rings is 1. The molecule has 0 unspecified atom stereocenters. The number of rotatable bonds is 2. The minimum atomic E-state index is -0.329. The Bertz CT molecular complexity index is 723. The van der Waals surface area contributed by atoms with E-state index in [1.165, 1.54) is 6.20 Å². The van der Waals surface area contributed by atoms with Gasteiger partial charge in [0.25, 0.3) is 5.91 Å². The second kappa shape index (κ2) is 6.76. The van der Waals surface area contributed by atoms with Gasteiger partial charge < -0.3 is 14.5 Å². The molecule has 2 aromatic rings. The lowest BCUT2D eigenvalue weighted by atomic mass is 9.90. The standard InChI is InChI=1S/C18H21N5O2/c24-17(16-12-20-6-7-21-16)23-9-10-25-18(14-23)4-2-8-22(13-18)15-3-1-5-19-11-15/h1,3,5-7,11-12H,2,4,8-10,13-14H2/t18-/m0/s1. The van der Waals surface area contributed by atoms with Gasteiger partial charge in [-0.15, -0.1) is 0 Å². The van der Waals surface area contributed by atoms with Crippen molar-refractivity contribution in [2.24, 2.45) is 0 Å². The van der Waals surface area contributed by atoms with E-state index in [4.69, 9.17) is 4.74 Å². The molecular weight excluding hydrogens is 318 g/mol. The highest BCUT2D eigenvalue weighted by Crippen LogP contribution is 2.31. The third-order valence-corrected chi connectivity index (χ3v) is 4.87. The van der Waals surface area contributed by atoms with E-state index in [-0.39, 0.29) is 11.5 Å². The first-order valence-electron chi connectivity index (χ1n) is 8.60. The van der Waals surface area contributed by atoms with Crippen LogP contribution in [-0.4, -0.2) is 64.1 Å². The third kappa shape index (κ3) is 3.32. The maximum Gasteiger partial charge on any atom is 0.274 e. The fourth-order valence-electron chi connectivity index (χ4n) is 3.70. The Kier molecular flexibility index (Phi) is 4.31. The quantitative estimate of drug-likeness (QED) is 0.823. The zero-order chi connectivity index (χ0) is 17.1. The first-order valence-corrected chi connectivity index (χ1v) is 8.60. The molecule has 0 aliphatic carbocycles. The summed E-state index contributed by atoms with van der Waals surface area (Å²) in [4.78, 5) is 29.2. The van der Waals surface area contributed by atoms with E-state index in [1.54, 1.807) is 18.6 Å². The monoisotopic (exact) mass is 339 g/mol. The summed E-state index contributed by atoms with van der Waals surface area (Å²) in [5.74, 6) is -0.0747. The molecule has 0 saturated carbocycles. The number of carbonyl (C=O) groups is 1. The van der Waals surface area contributed by atoms with Crippen molar-refractivity contribution in [1.29, 1.82) is 0 Å². The molecule has 25 heavy (non-hydrogen) atoms. The van der Waals surface area contributed by atoms with E-state index in [9.17, 15) is 4.79 Å². The van der Waals surface area contributed by atoms with Gasteiger partial charge in [0.1, 0.15) is 11.3 Å². The predicted octanol–water partition coefficient (Wildman–Crippen LogP) is 1.38. The number of morpholine rings is 1. The summed E-state index contributed by atoms with van der Waals surface area (Å²) in [5.41, 5.74) is 1.16. The number of hydrogen-bond acceptors (Lipinski definition) is 6. The summed E-state index contributed by atoms with van der Waals surface area (Å²) in [6.45, 7) is 3.47. The molecule has 130 valence electrons. The lowest BCUT2D eigenvalue weighted by molar-refractivity contribution is -0.105. The molecule has 0 N–H and O–H groups in total. The zero-order valence-electron chi connectivity index (χ0n) is 14.0. The van der Waals surface area contributed by atoms with Crippen molar-refractivity contribution in [3.63, 3.8) is 0 Å². The van der Waals surface area contributed by atoms with Gasteiger partial charge in [-0.2, -0.15) is 0 Å². The average molecular weight is 339 g/mol. The fraction of sp³-hybridized carbons (Fsp3) is 0.444. The largest absolute Gasteiger partial charge is 0.369 e. The molecule has 1 atom stereocenters. The Labute approximate surface area is 146 Å². The first kappa shape index (κ1) is 16.0. The summed E-state index contributed by atoms with van der Waals surface area (Å²) in [6.07, 6.45) is 10.3. The Morgan fingerprint density at radius 2 is 2.04 bits per heavy atom. The molecule has 2 fully saturated rings. The molecule has 4 rings (SSSR count). The van der Waals surface area contributed by atoms with Gasteiger partial charge in [-0.25, -0.2) is 4.98 Å².